The van der Waals surface area contributed by atoms with E-state index in [2.05, 4.69) is 25.1 Å². The number of hydrogen-bond acceptors (Lipinski definition) is 6. The van der Waals surface area contributed by atoms with Gasteiger partial charge in [-0.2, -0.15) is 15.8 Å². The molecule has 2 aliphatic rings. The predicted octanol–water partition coefficient (Wildman–Crippen LogP) is 4.43. The van der Waals surface area contributed by atoms with E-state index in [0.717, 1.165) is 19.3 Å². The summed E-state index contributed by atoms with van der Waals surface area (Å²) in [6.45, 7) is 5.76. The quantitative estimate of drug-likeness (QED) is 0.646. The topological polar surface area (TPSA) is 114 Å². The molecule has 0 radical (unpaired) electrons. The molecule has 0 aromatic rings. The highest BCUT2D eigenvalue weighted by Crippen LogP contribution is 2.63. The second-order valence-corrected chi connectivity index (χ2v) is 7.52. The van der Waals surface area contributed by atoms with Crippen molar-refractivity contribution in [3.63, 3.8) is 0 Å². The monoisotopic (exact) mass is 356 g/mol. The molecular weight excluding hydrogens is 328 g/mol. The fraction of sp³-hybridized carbons (Fsp3) is 0.800. The molecule has 2 bridgehead atoms. The van der Waals surface area contributed by atoms with Crippen molar-refractivity contribution in [2.24, 2.45) is 16.7 Å². The summed E-state index contributed by atoms with van der Waals surface area (Å²) in [4.78, 5) is 0. The van der Waals surface area contributed by atoms with Crippen LogP contribution in [0.15, 0.2) is 0 Å². The lowest BCUT2D eigenvalue weighted by atomic mass is 9.53. The van der Waals surface area contributed by atoms with Crippen molar-refractivity contribution in [1.82, 2.24) is 0 Å². The van der Waals surface area contributed by atoms with Crippen LogP contribution in [-0.4, -0.2) is 17.8 Å². The van der Waals surface area contributed by atoms with Crippen LogP contribution in [0.5, 0.6) is 0 Å². The van der Waals surface area contributed by atoms with Crippen LogP contribution in [0.4, 0.5) is 0 Å². The van der Waals surface area contributed by atoms with Gasteiger partial charge in [0.1, 0.15) is 0 Å². The highest BCUT2D eigenvalue weighted by atomic mass is 16.7. The second kappa shape index (κ2) is 7.65. The van der Waals surface area contributed by atoms with Crippen molar-refractivity contribution < 1.29 is 9.47 Å². The molecule has 4 atom stereocenters. The van der Waals surface area contributed by atoms with Gasteiger partial charge in [0, 0.05) is 6.92 Å². The van der Waals surface area contributed by atoms with Crippen molar-refractivity contribution in [2.75, 3.05) is 0 Å². The van der Waals surface area contributed by atoms with E-state index < -0.39 is 28.6 Å². The first-order chi connectivity index (χ1) is 12.4. The Bertz CT molecular complexity index is 657. The van der Waals surface area contributed by atoms with E-state index in [1.165, 1.54) is 19.3 Å². The summed E-state index contributed by atoms with van der Waals surface area (Å²) >= 11 is 0. The molecule has 0 aromatic heterocycles. The SMILES string of the molecule is CCCCCCCCC1OC2(C)OC(=N)C(C#N)(C2CC)C1(C#N)C#N. The van der Waals surface area contributed by atoms with Gasteiger partial charge in [0.2, 0.25) is 11.7 Å². The first kappa shape index (κ1) is 20.2. The van der Waals surface area contributed by atoms with Crippen LogP contribution in [0.25, 0.3) is 0 Å². The number of nitriles is 3. The van der Waals surface area contributed by atoms with Gasteiger partial charge in [-0.15, -0.1) is 0 Å². The smallest absolute Gasteiger partial charge is 0.214 e. The van der Waals surface area contributed by atoms with E-state index in [4.69, 9.17) is 14.9 Å². The molecule has 1 N–H and O–H groups in total. The van der Waals surface area contributed by atoms with Gasteiger partial charge in [-0.05, 0) is 12.8 Å². The molecule has 2 fully saturated rings. The predicted molar refractivity (Wildman–Crippen MR) is 95.6 cm³/mol. The van der Waals surface area contributed by atoms with E-state index in [9.17, 15) is 15.8 Å². The normalized spacial score (nSPS) is 34.4. The summed E-state index contributed by atoms with van der Waals surface area (Å²) in [5.74, 6) is -1.96. The molecule has 4 unspecified atom stereocenters. The van der Waals surface area contributed by atoms with Gasteiger partial charge in [0.05, 0.1) is 30.2 Å². The van der Waals surface area contributed by atoms with Crippen molar-refractivity contribution in [3.05, 3.63) is 0 Å². The minimum Gasteiger partial charge on any atom is -0.448 e. The van der Waals surface area contributed by atoms with Gasteiger partial charge in [-0.1, -0.05) is 52.4 Å². The lowest BCUT2D eigenvalue weighted by molar-refractivity contribution is -0.271. The molecule has 140 valence electrons. The third-order valence-electron chi connectivity index (χ3n) is 6.06. The number of nitrogens with one attached hydrogen (secondary N) is 1. The summed E-state index contributed by atoms with van der Waals surface area (Å²) in [6, 6.07) is 6.31. The third kappa shape index (κ3) is 2.67. The molecule has 0 saturated carbocycles. The van der Waals surface area contributed by atoms with Gasteiger partial charge in [-0.3, -0.25) is 5.41 Å². The number of nitrogens with zero attached hydrogens (tertiary/aromatic N) is 3. The molecule has 2 rings (SSSR count). The second-order valence-electron chi connectivity index (χ2n) is 7.52. The molecule has 26 heavy (non-hydrogen) atoms. The lowest BCUT2D eigenvalue weighted by Crippen LogP contribution is -2.61. The summed E-state index contributed by atoms with van der Waals surface area (Å²) in [6.07, 6.45) is 6.75. The number of fused-ring (bicyclic) bond motifs is 2. The van der Waals surface area contributed by atoms with Crippen LogP contribution < -0.4 is 0 Å². The Morgan fingerprint density at radius 2 is 1.62 bits per heavy atom. The van der Waals surface area contributed by atoms with Crippen LogP contribution >= 0.6 is 0 Å². The molecule has 2 heterocycles. The minimum absolute atomic E-state index is 0.303. The highest BCUT2D eigenvalue weighted by molar-refractivity contribution is 5.89. The molecule has 6 nitrogen and oxygen atoms in total. The Morgan fingerprint density at radius 3 is 2.15 bits per heavy atom. The average Bonchev–Trinajstić information content (AvgIpc) is 2.81. The summed E-state index contributed by atoms with van der Waals surface area (Å²) in [5.41, 5.74) is -3.30. The molecule has 0 amide bonds. The van der Waals surface area contributed by atoms with E-state index in [0.29, 0.717) is 12.8 Å². The molecule has 2 saturated heterocycles. The molecule has 2 aliphatic heterocycles. The fourth-order valence-electron chi connectivity index (χ4n) is 4.72. The van der Waals surface area contributed by atoms with Gasteiger partial charge >= 0.3 is 0 Å². The van der Waals surface area contributed by atoms with Crippen molar-refractivity contribution in [2.45, 2.75) is 84.0 Å². The zero-order valence-corrected chi connectivity index (χ0v) is 16.0. The van der Waals surface area contributed by atoms with Crippen LogP contribution in [0, 0.1) is 56.2 Å². The number of ether oxygens (including phenoxy) is 2. The molecule has 0 aromatic carbocycles. The minimum atomic E-state index is -1.72. The summed E-state index contributed by atoms with van der Waals surface area (Å²) < 4.78 is 11.8. The maximum atomic E-state index is 10.0. The van der Waals surface area contributed by atoms with E-state index >= 15 is 0 Å². The van der Waals surface area contributed by atoms with Gasteiger partial charge in [-0.25, -0.2) is 0 Å². The number of unbranched alkanes of at least 4 members (excludes halogenated alkanes) is 5. The van der Waals surface area contributed by atoms with Crippen LogP contribution in [0.2, 0.25) is 0 Å². The Morgan fingerprint density at radius 1 is 1.00 bits per heavy atom. The highest BCUT2D eigenvalue weighted by Gasteiger charge is 2.78. The van der Waals surface area contributed by atoms with E-state index in [-0.39, 0.29) is 5.90 Å². The maximum Gasteiger partial charge on any atom is 0.214 e. The molecule has 0 spiro atoms. The first-order valence-electron chi connectivity index (χ1n) is 9.62. The Hall–Kier alpha value is -2.10. The van der Waals surface area contributed by atoms with Gasteiger partial charge < -0.3 is 9.47 Å². The first-order valence-corrected chi connectivity index (χ1v) is 9.62. The number of hydrogen-bond donors (Lipinski definition) is 1. The molecule has 0 aliphatic carbocycles. The average molecular weight is 356 g/mol. The Kier molecular flexibility index (Phi) is 5.94. The Labute approximate surface area is 156 Å². The molecular formula is C20H28N4O2. The standard InChI is InChI=1S/C20H28N4O2/c1-4-6-7-8-9-10-11-16-19(12-21,13-22)20(14-23)15(5-2)18(3,25-16)26-17(20)24/h15-16,24H,4-11H2,1-3H3. The van der Waals surface area contributed by atoms with Crippen LogP contribution in [0.1, 0.15) is 72.1 Å². The maximum absolute atomic E-state index is 10.0. The molecule has 6 heteroatoms. The number of rotatable bonds is 8. The van der Waals surface area contributed by atoms with Crippen LogP contribution in [0.3, 0.4) is 0 Å². The van der Waals surface area contributed by atoms with Crippen LogP contribution in [-0.2, 0) is 9.47 Å². The van der Waals surface area contributed by atoms with Crippen molar-refractivity contribution >= 4 is 5.90 Å². The summed E-state index contributed by atoms with van der Waals surface area (Å²) in [7, 11) is 0. The fourth-order valence-corrected chi connectivity index (χ4v) is 4.72. The zero-order valence-electron chi connectivity index (χ0n) is 16.0. The largest absolute Gasteiger partial charge is 0.448 e. The van der Waals surface area contributed by atoms with Crippen molar-refractivity contribution in [1.29, 1.82) is 21.2 Å². The van der Waals surface area contributed by atoms with Gasteiger partial charge in [0.15, 0.2) is 10.8 Å². The van der Waals surface area contributed by atoms with E-state index in [1.54, 1.807) is 6.92 Å². The Balaban J connectivity index is 2.31. The van der Waals surface area contributed by atoms with Gasteiger partial charge in [0.25, 0.3) is 0 Å². The van der Waals surface area contributed by atoms with E-state index in [1.807, 2.05) is 6.92 Å². The third-order valence-corrected chi connectivity index (χ3v) is 6.06. The summed E-state index contributed by atoms with van der Waals surface area (Å²) in [5, 5.41) is 38.2. The van der Waals surface area contributed by atoms with Crippen molar-refractivity contribution in [3.8, 4) is 18.2 Å². The zero-order chi connectivity index (χ0) is 19.4. The lowest BCUT2D eigenvalue weighted by Gasteiger charge is -2.48.